The Kier molecular flexibility index (Phi) is 5.85. The molecule has 1 rings (SSSR count). The maximum absolute atomic E-state index is 12.2. The van der Waals surface area contributed by atoms with Gasteiger partial charge in [0, 0.05) is 13.1 Å². The zero-order chi connectivity index (χ0) is 13.5. The lowest BCUT2D eigenvalue weighted by atomic mass is 10.1. The van der Waals surface area contributed by atoms with E-state index >= 15 is 0 Å². The fourth-order valence-corrected chi connectivity index (χ4v) is 2.21. The number of nitrogens with zero attached hydrogens (tertiary/aromatic N) is 1. The van der Waals surface area contributed by atoms with E-state index in [2.05, 4.69) is 13.8 Å². The van der Waals surface area contributed by atoms with Crippen LogP contribution in [-0.4, -0.2) is 35.0 Å². The third-order valence-corrected chi connectivity index (χ3v) is 3.45. The molecule has 18 heavy (non-hydrogen) atoms. The summed E-state index contributed by atoms with van der Waals surface area (Å²) in [4.78, 5) is 25.1. The molecule has 0 saturated carbocycles. The van der Waals surface area contributed by atoms with Crippen molar-refractivity contribution < 1.29 is 14.7 Å². The Morgan fingerprint density at radius 1 is 1.39 bits per heavy atom. The minimum atomic E-state index is -0.872. The van der Waals surface area contributed by atoms with Crippen molar-refractivity contribution in [2.45, 2.75) is 26.7 Å². The van der Waals surface area contributed by atoms with Crippen LogP contribution >= 0.6 is 11.3 Å². The van der Waals surface area contributed by atoms with Gasteiger partial charge in [-0.1, -0.05) is 19.9 Å². The van der Waals surface area contributed by atoms with Crippen molar-refractivity contribution in [3.05, 3.63) is 22.4 Å². The summed E-state index contributed by atoms with van der Waals surface area (Å²) in [6.07, 6.45) is 0.881. The number of carbonyl (C=O) groups excluding carboxylic acids is 1. The van der Waals surface area contributed by atoms with E-state index in [4.69, 9.17) is 5.11 Å². The second-order valence-electron chi connectivity index (χ2n) is 4.60. The molecule has 4 nitrogen and oxygen atoms in total. The maximum atomic E-state index is 12.2. The van der Waals surface area contributed by atoms with Crippen LogP contribution in [0.3, 0.4) is 0 Å². The third-order valence-electron chi connectivity index (χ3n) is 2.59. The summed E-state index contributed by atoms with van der Waals surface area (Å²) >= 11 is 1.39. The quantitative estimate of drug-likeness (QED) is 0.828. The Morgan fingerprint density at radius 2 is 2.11 bits per heavy atom. The number of carboxylic acid groups (broad SMARTS) is 1. The number of carbonyl (C=O) groups is 2. The molecule has 100 valence electrons. The van der Waals surface area contributed by atoms with Gasteiger partial charge < -0.3 is 10.0 Å². The second kappa shape index (κ2) is 7.16. The average Bonchev–Trinajstić information content (AvgIpc) is 2.81. The molecule has 1 N–H and O–H groups in total. The molecule has 0 aromatic carbocycles. The average molecular weight is 269 g/mol. The highest BCUT2D eigenvalue weighted by Crippen LogP contribution is 2.13. The van der Waals surface area contributed by atoms with Crippen LogP contribution in [0.5, 0.6) is 0 Å². The lowest BCUT2D eigenvalue weighted by molar-refractivity contribution is -0.137. The van der Waals surface area contributed by atoms with Crippen LogP contribution in [0.15, 0.2) is 17.5 Å². The zero-order valence-electron chi connectivity index (χ0n) is 10.8. The van der Waals surface area contributed by atoms with E-state index in [1.165, 1.54) is 11.3 Å². The van der Waals surface area contributed by atoms with Gasteiger partial charge in [-0.2, -0.15) is 0 Å². The van der Waals surface area contributed by atoms with E-state index in [-0.39, 0.29) is 18.9 Å². The molecule has 1 heterocycles. The zero-order valence-corrected chi connectivity index (χ0v) is 11.6. The smallest absolute Gasteiger partial charge is 0.305 e. The van der Waals surface area contributed by atoms with E-state index in [1.807, 2.05) is 11.4 Å². The molecular formula is C13H19NO3S. The van der Waals surface area contributed by atoms with Crippen molar-refractivity contribution in [3.8, 4) is 0 Å². The van der Waals surface area contributed by atoms with E-state index in [0.29, 0.717) is 17.3 Å². The molecule has 0 aliphatic heterocycles. The lowest BCUT2D eigenvalue weighted by Gasteiger charge is -2.22. The molecule has 0 fully saturated rings. The number of amides is 1. The van der Waals surface area contributed by atoms with Gasteiger partial charge in [0.15, 0.2) is 0 Å². The number of thiophene rings is 1. The highest BCUT2D eigenvalue weighted by molar-refractivity contribution is 7.12. The van der Waals surface area contributed by atoms with Crippen LogP contribution in [0.25, 0.3) is 0 Å². The number of carboxylic acids is 1. The lowest BCUT2D eigenvalue weighted by Crippen LogP contribution is -2.34. The summed E-state index contributed by atoms with van der Waals surface area (Å²) in [7, 11) is 0. The van der Waals surface area contributed by atoms with Crippen molar-refractivity contribution in [2.24, 2.45) is 5.92 Å². The van der Waals surface area contributed by atoms with Crippen LogP contribution in [-0.2, 0) is 4.79 Å². The SMILES string of the molecule is CC(C)CCN(CCC(=O)O)C(=O)c1cccs1. The van der Waals surface area contributed by atoms with Crippen LogP contribution in [0.2, 0.25) is 0 Å². The monoisotopic (exact) mass is 269 g/mol. The molecule has 0 unspecified atom stereocenters. The van der Waals surface area contributed by atoms with Crippen molar-refractivity contribution in [1.82, 2.24) is 4.90 Å². The number of hydrogen-bond donors (Lipinski definition) is 1. The first-order valence-corrected chi connectivity index (χ1v) is 6.93. The normalized spacial score (nSPS) is 10.6. The molecule has 0 radical (unpaired) electrons. The molecule has 0 bridgehead atoms. The van der Waals surface area contributed by atoms with E-state index in [9.17, 15) is 9.59 Å². The molecular weight excluding hydrogens is 250 g/mol. The van der Waals surface area contributed by atoms with Crippen LogP contribution in [0.4, 0.5) is 0 Å². The first-order chi connectivity index (χ1) is 8.50. The Morgan fingerprint density at radius 3 is 2.61 bits per heavy atom. The number of aliphatic carboxylic acids is 1. The Bertz CT molecular complexity index is 387. The van der Waals surface area contributed by atoms with Crippen molar-refractivity contribution >= 4 is 23.2 Å². The van der Waals surface area contributed by atoms with Gasteiger partial charge in [0.2, 0.25) is 0 Å². The van der Waals surface area contributed by atoms with Gasteiger partial charge in [-0.25, -0.2) is 0 Å². The fourth-order valence-electron chi connectivity index (χ4n) is 1.52. The number of rotatable bonds is 7. The minimum Gasteiger partial charge on any atom is -0.481 e. The topological polar surface area (TPSA) is 57.6 Å². The summed E-state index contributed by atoms with van der Waals surface area (Å²) in [5.74, 6) is -0.441. The summed E-state index contributed by atoms with van der Waals surface area (Å²) in [6.45, 7) is 5.07. The van der Waals surface area contributed by atoms with Gasteiger partial charge in [0.25, 0.3) is 5.91 Å². The van der Waals surface area contributed by atoms with Gasteiger partial charge in [0.05, 0.1) is 11.3 Å². The first kappa shape index (κ1) is 14.7. The van der Waals surface area contributed by atoms with Crippen molar-refractivity contribution in [3.63, 3.8) is 0 Å². The van der Waals surface area contributed by atoms with Crippen molar-refractivity contribution in [1.29, 1.82) is 0 Å². The fraction of sp³-hybridized carbons (Fsp3) is 0.538. The van der Waals surface area contributed by atoms with Crippen LogP contribution in [0, 0.1) is 5.92 Å². The molecule has 1 aromatic heterocycles. The Balaban J connectivity index is 2.63. The highest BCUT2D eigenvalue weighted by Gasteiger charge is 2.17. The molecule has 1 amide bonds. The van der Waals surface area contributed by atoms with Gasteiger partial charge in [-0.3, -0.25) is 9.59 Å². The minimum absolute atomic E-state index is 0.00475. The molecule has 1 aromatic rings. The molecule has 5 heteroatoms. The Hall–Kier alpha value is -1.36. The summed E-state index contributed by atoms with van der Waals surface area (Å²) in [5, 5.41) is 10.6. The maximum Gasteiger partial charge on any atom is 0.305 e. The summed E-state index contributed by atoms with van der Waals surface area (Å²) in [6, 6.07) is 3.60. The van der Waals surface area contributed by atoms with E-state index < -0.39 is 5.97 Å². The summed E-state index contributed by atoms with van der Waals surface area (Å²) in [5.41, 5.74) is 0. The molecule has 0 spiro atoms. The van der Waals surface area contributed by atoms with Crippen LogP contribution < -0.4 is 0 Å². The Labute approximate surface area is 111 Å². The first-order valence-electron chi connectivity index (χ1n) is 6.05. The predicted octanol–water partition coefficient (Wildman–Crippen LogP) is 2.71. The predicted molar refractivity (Wildman–Crippen MR) is 71.9 cm³/mol. The van der Waals surface area contributed by atoms with Crippen molar-refractivity contribution in [2.75, 3.05) is 13.1 Å². The molecule has 0 saturated heterocycles. The largest absolute Gasteiger partial charge is 0.481 e. The molecule has 0 aliphatic rings. The van der Waals surface area contributed by atoms with Crippen LogP contribution in [0.1, 0.15) is 36.4 Å². The van der Waals surface area contributed by atoms with E-state index in [0.717, 1.165) is 6.42 Å². The van der Waals surface area contributed by atoms with Gasteiger partial charge >= 0.3 is 5.97 Å². The molecule has 0 aliphatic carbocycles. The van der Waals surface area contributed by atoms with E-state index in [1.54, 1.807) is 11.0 Å². The summed E-state index contributed by atoms with van der Waals surface area (Å²) < 4.78 is 0. The van der Waals surface area contributed by atoms with Gasteiger partial charge in [-0.15, -0.1) is 11.3 Å². The van der Waals surface area contributed by atoms with Gasteiger partial charge in [-0.05, 0) is 23.8 Å². The highest BCUT2D eigenvalue weighted by atomic mass is 32.1. The van der Waals surface area contributed by atoms with Gasteiger partial charge in [0.1, 0.15) is 0 Å². The second-order valence-corrected chi connectivity index (χ2v) is 5.54. The third kappa shape index (κ3) is 4.87. The standard InChI is InChI=1S/C13H19NO3S/c1-10(2)5-7-14(8-6-12(15)16)13(17)11-4-3-9-18-11/h3-4,9-10H,5-8H2,1-2H3,(H,15,16). The molecule has 0 atom stereocenters. The number of hydrogen-bond acceptors (Lipinski definition) is 3.